The Morgan fingerprint density at radius 1 is 1.07 bits per heavy atom. The number of aromatic nitrogens is 1. The molecular weight excluding hydrogens is 372 g/mol. The highest BCUT2D eigenvalue weighted by molar-refractivity contribution is 5.91. The van der Waals surface area contributed by atoms with E-state index in [0.29, 0.717) is 18.7 Å². The predicted octanol–water partition coefficient (Wildman–Crippen LogP) is 5.33. The molecule has 0 saturated carbocycles. The predicted molar refractivity (Wildman–Crippen MR) is 120 cm³/mol. The highest BCUT2D eigenvalue weighted by atomic mass is 16.4. The van der Waals surface area contributed by atoms with Crippen molar-refractivity contribution in [2.75, 3.05) is 0 Å². The molecule has 0 fully saturated rings. The number of rotatable bonds is 6. The zero-order chi connectivity index (χ0) is 21.3. The van der Waals surface area contributed by atoms with Crippen LogP contribution >= 0.6 is 0 Å². The molecule has 0 saturated heterocycles. The lowest BCUT2D eigenvalue weighted by molar-refractivity contribution is 0.0694. The molecule has 0 radical (unpaired) electrons. The molecule has 0 unspecified atom stereocenters. The van der Waals surface area contributed by atoms with E-state index >= 15 is 0 Å². The van der Waals surface area contributed by atoms with Gasteiger partial charge in [-0.15, -0.1) is 0 Å². The van der Waals surface area contributed by atoms with Gasteiger partial charge in [-0.25, -0.2) is 4.79 Å². The molecule has 2 N–H and O–H groups in total. The van der Waals surface area contributed by atoms with Crippen LogP contribution in [0.5, 0.6) is 0 Å². The maximum atomic E-state index is 12.1. The number of carbonyl (C=O) groups is 1. The molecule has 30 heavy (non-hydrogen) atoms. The number of fused-ring (bicyclic) bond motifs is 1. The SMILES string of the molecule is Cc1ccccc1Cn1c(C)c(CN[C@@H]2CCCc3ccccc32)c(C(=O)O)c1C. The van der Waals surface area contributed by atoms with Gasteiger partial charge in [0, 0.05) is 36.1 Å². The molecule has 1 atom stereocenters. The summed E-state index contributed by atoms with van der Waals surface area (Å²) in [5.41, 5.74) is 8.40. The minimum absolute atomic E-state index is 0.274. The van der Waals surface area contributed by atoms with Gasteiger partial charge < -0.3 is 15.0 Å². The third kappa shape index (κ3) is 3.80. The molecule has 1 heterocycles. The molecule has 0 amide bonds. The Bertz CT molecular complexity index is 1080. The number of nitrogens with zero attached hydrogens (tertiary/aromatic N) is 1. The summed E-state index contributed by atoms with van der Waals surface area (Å²) in [5.74, 6) is -0.847. The quantitative estimate of drug-likeness (QED) is 0.586. The fraction of sp³-hybridized carbons (Fsp3) is 0.346. The summed E-state index contributed by atoms with van der Waals surface area (Å²) in [6.45, 7) is 7.33. The number of hydrogen-bond donors (Lipinski definition) is 2. The van der Waals surface area contributed by atoms with E-state index in [1.54, 1.807) is 0 Å². The Morgan fingerprint density at radius 2 is 1.80 bits per heavy atom. The number of carboxylic acid groups (broad SMARTS) is 1. The van der Waals surface area contributed by atoms with Crippen molar-refractivity contribution >= 4 is 5.97 Å². The van der Waals surface area contributed by atoms with Gasteiger partial charge in [0.1, 0.15) is 0 Å². The van der Waals surface area contributed by atoms with Gasteiger partial charge in [-0.1, -0.05) is 48.5 Å². The van der Waals surface area contributed by atoms with Gasteiger partial charge in [-0.3, -0.25) is 0 Å². The first-order valence-electron chi connectivity index (χ1n) is 10.7. The van der Waals surface area contributed by atoms with Crippen molar-refractivity contribution in [2.45, 2.75) is 59.2 Å². The number of carboxylic acids is 1. The van der Waals surface area contributed by atoms with E-state index in [1.807, 2.05) is 26.0 Å². The van der Waals surface area contributed by atoms with Crippen LogP contribution in [0.2, 0.25) is 0 Å². The molecule has 4 nitrogen and oxygen atoms in total. The van der Waals surface area contributed by atoms with Gasteiger partial charge in [0.2, 0.25) is 0 Å². The van der Waals surface area contributed by atoms with Crippen molar-refractivity contribution in [1.29, 1.82) is 0 Å². The molecular formula is C26H30N2O2. The van der Waals surface area contributed by atoms with Crippen molar-refractivity contribution in [3.8, 4) is 0 Å². The summed E-state index contributed by atoms with van der Waals surface area (Å²) in [6.07, 6.45) is 3.37. The van der Waals surface area contributed by atoms with E-state index in [0.717, 1.165) is 36.2 Å². The molecule has 1 aromatic heterocycles. The van der Waals surface area contributed by atoms with Crippen LogP contribution in [0.15, 0.2) is 48.5 Å². The Hall–Kier alpha value is -2.85. The monoisotopic (exact) mass is 402 g/mol. The molecule has 4 rings (SSSR count). The highest BCUT2D eigenvalue weighted by Crippen LogP contribution is 2.31. The Kier molecular flexibility index (Phi) is 5.78. The van der Waals surface area contributed by atoms with E-state index in [9.17, 15) is 9.90 Å². The van der Waals surface area contributed by atoms with Gasteiger partial charge in [-0.05, 0) is 62.3 Å². The Balaban J connectivity index is 1.64. The first kappa shape index (κ1) is 20.4. The van der Waals surface area contributed by atoms with Crippen LogP contribution < -0.4 is 5.32 Å². The number of aromatic carboxylic acids is 1. The molecule has 1 aliphatic rings. The zero-order valence-corrected chi connectivity index (χ0v) is 18.0. The molecule has 3 aromatic rings. The third-order valence-electron chi connectivity index (χ3n) is 6.61. The van der Waals surface area contributed by atoms with E-state index < -0.39 is 5.97 Å². The van der Waals surface area contributed by atoms with Crippen LogP contribution in [-0.4, -0.2) is 15.6 Å². The van der Waals surface area contributed by atoms with Crippen LogP contribution in [0.3, 0.4) is 0 Å². The van der Waals surface area contributed by atoms with Gasteiger partial charge >= 0.3 is 5.97 Å². The Labute approximate surface area is 178 Å². The highest BCUT2D eigenvalue weighted by Gasteiger charge is 2.25. The van der Waals surface area contributed by atoms with E-state index in [-0.39, 0.29) is 6.04 Å². The van der Waals surface area contributed by atoms with Gasteiger partial charge in [0.15, 0.2) is 0 Å². The average Bonchev–Trinajstić information content (AvgIpc) is 2.98. The number of nitrogens with one attached hydrogen (secondary N) is 1. The molecule has 2 aromatic carbocycles. The summed E-state index contributed by atoms with van der Waals surface area (Å²) in [6, 6.07) is 17.2. The van der Waals surface area contributed by atoms with E-state index in [4.69, 9.17) is 0 Å². The second-order valence-electron chi connectivity index (χ2n) is 8.37. The lowest BCUT2D eigenvalue weighted by Crippen LogP contribution is -2.25. The minimum Gasteiger partial charge on any atom is -0.478 e. The molecule has 0 spiro atoms. The third-order valence-corrected chi connectivity index (χ3v) is 6.61. The molecule has 0 bridgehead atoms. The van der Waals surface area contributed by atoms with Crippen LogP contribution in [0, 0.1) is 20.8 Å². The van der Waals surface area contributed by atoms with Gasteiger partial charge in [0.05, 0.1) is 5.56 Å². The van der Waals surface area contributed by atoms with Crippen molar-refractivity contribution in [1.82, 2.24) is 9.88 Å². The van der Waals surface area contributed by atoms with Crippen molar-refractivity contribution < 1.29 is 9.90 Å². The lowest BCUT2D eigenvalue weighted by Gasteiger charge is -2.26. The average molecular weight is 403 g/mol. The second kappa shape index (κ2) is 8.49. The van der Waals surface area contributed by atoms with Crippen LogP contribution in [0.4, 0.5) is 0 Å². The van der Waals surface area contributed by atoms with Gasteiger partial charge in [0.25, 0.3) is 0 Å². The van der Waals surface area contributed by atoms with Crippen molar-refractivity contribution in [3.63, 3.8) is 0 Å². The fourth-order valence-corrected chi connectivity index (χ4v) is 4.84. The van der Waals surface area contributed by atoms with Crippen molar-refractivity contribution in [3.05, 3.63) is 93.3 Å². The minimum atomic E-state index is -0.847. The largest absolute Gasteiger partial charge is 0.478 e. The Morgan fingerprint density at radius 3 is 2.57 bits per heavy atom. The molecule has 0 aliphatic heterocycles. The summed E-state index contributed by atoms with van der Waals surface area (Å²) in [4.78, 5) is 12.1. The lowest BCUT2D eigenvalue weighted by atomic mass is 9.87. The standard InChI is InChI=1S/C26H30N2O2/c1-17-9-4-5-11-21(17)16-28-18(2)23(25(19(28)3)26(29)30)15-27-24-14-8-12-20-10-6-7-13-22(20)24/h4-7,9-11,13,24,27H,8,12,14-16H2,1-3H3,(H,29,30)/t24-/m1/s1. The number of hydrogen-bond acceptors (Lipinski definition) is 2. The van der Waals surface area contributed by atoms with Crippen LogP contribution in [-0.2, 0) is 19.5 Å². The second-order valence-corrected chi connectivity index (χ2v) is 8.37. The normalized spacial score (nSPS) is 15.8. The molecule has 156 valence electrons. The van der Waals surface area contributed by atoms with Crippen LogP contribution in [0.1, 0.15) is 68.4 Å². The topological polar surface area (TPSA) is 54.3 Å². The van der Waals surface area contributed by atoms with E-state index in [1.165, 1.54) is 22.3 Å². The zero-order valence-electron chi connectivity index (χ0n) is 18.0. The first-order valence-corrected chi connectivity index (χ1v) is 10.7. The van der Waals surface area contributed by atoms with E-state index in [2.05, 4.69) is 53.2 Å². The summed E-state index contributed by atoms with van der Waals surface area (Å²) >= 11 is 0. The number of aryl methyl sites for hydroxylation is 2. The van der Waals surface area contributed by atoms with Gasteiger partial charge in [-0.2, -0.15) is 0 Å². The van der Waals surface area contributed by atoms with Crippen molar-refractivity contribution in [2.24, 2.45) is 0 Å². The summed E-state index contributed by atoms with van der Waals surface area (Å²) < 4.78 is 2.15. The maximum Gasteiger partial charge on any atom is 0.337 e. The summed E-state index contributed by atoms with van der Waals surface area (Å²) in [5, 5.41) is 13.6. The molecule has 1 aliphatic carbocycles. The smallest absolute Gasteiger partial charge is 0.337 e. The van der Waals surface area contributed by atoms with Crippen LogP contribution in [0.25, 0.3) is 0 Å². The maximum absolute atomic E-state index is 12.1. The molecule has 4 heteroatoms. The number of benzene rings is 2. The fourth-order valence-electron chi connectivity index (χ4n) is 4.84. The first-order chi connectivity index (χ1) is 14.5. The summed E-state index contributed by atoms with van der Waals surface area (Å²) in [7, 11) is 0.